The molecule has 1 heterocycles. The minimum atomic E-state index is 0.222. The van der Waals surface area contributed by atoms with Crippen LogP contribution in [0.25, 0.3) is 0 Å². The van der Waals surface area contributed by atoms with Gasteiger partial charge in [0.15, 0.2) is 0 Å². The van der Waals surface area contributed by atoms with Gasteiger partial charge in [0.1, 0.15) is 5.75 Å². The van der Waals surface area contributed by atoms with Gasteiger partial charge in [-0.05, 0) is 36.8 Å². The molecule has 19 heavy (non-hydrogen) atoms. The number of phenols is 1. The molecule has 1 aliphatic heterocycles. The zero-order valence-corrected chi connectivity index (χ0v) is 11.8. The predicted molar refractivity (Wildman–Crippen MR) is 76.0 cm³/mol. The summed E-state index contributed by atoms with van der Waals surface area (Å²) in [4.78, 5) is 14.3. The van der Waals surface area contributed by atoms with Crippen LogP contribution in [0, 0.1) is 5.92 Å². The number of para-hydroxylation sites is 1. The SMILES string of the molecule is CC(C)C1CCCN1C(=O)CCc1ccccc1O. The normalized spacial score (nSPS) is 19.1. The third-order valence-corrected chi connectivity index (χ3v) is 3.99. The van der Waals surface area contributed by atoms with Gasteiger partial charge in [0.25, 0.3) is 0 Å². The summed E-state index contributed by atoms with van der Waals surface area (Å²) < 4.78 is 0. The number of nitrogens with zero attached hydrogens (tertiary/aromatic N) is 1. The maximum Gasteiger partial charge on any atom is 0.223 e. The smallest absolute Gasteiger partial charge is 0.223 e. The molecule has 1 aromatic rings. The van der Waals surface area contributed by atoms with Crippen molar-refractivity contribution in [3.63, 3.8) is 0 Å². The summed E-state index contributed by atoms with van der Waals surface area (Å²) >= 11 is 0. The highest BCUT2D eigenvalue weighted by atomic mass is 16.3. The van der Waals surface area contributed by atoms with E-state index in [2.05, 4.69) is 13.8 Å². The molecule has 0 spiro atoms. The Balaban J connectivity index is 1.93. The molecule has 1 aliphatic rings. The Labute approximate surface area is 115 Å². The Morgan fingerprint density at radius 2 is 2.16 bits per heavy atom. The molecule has 1 saturated heterocycles. The molecule has 1 unspecified atom stereocenters. The van der Waals surface area contributed by atoms with Crippen molar-refractivity contribution in [2.75, 3.05) is 6.54 Å². The minimum absolute atomic E-state index is 0.222. The summed E-state index contributed by atoms with van der Waals surface area (Å²) in [6.07, 6.45) is 3.35. The average molecular weight is 261 g/mol. The van der Waals surface area contributed by atoms with Crippen LogP contribution in [0.4, 0.5) is 0 Å². The molecule has 1 atom stereocenters. The quantitative estimate of drug-likeness (QED) is 0.905. The van der Waals surface area contributed by atoms with Crippen molar-refractivity contribution in [3.05, 3.63) is 29.8 Å². The van der Waals surface area contributed by atoms with E-state index < -0.39 is 0 Å². The summed E-state index contributed by atoms with van der Waals surface area (Å²) in [5, 5.41) is 9.70. The third kappa shape index (κ3) is 3.28. The molecule has 1 aromatic carbocycles. The highest BCUT2D eigenvalue weighted by Gasteiger charge is 2.30. The van der Waals surface area contributed by atoms with Gasteiger partial charge in [0.2, 0.25) is 5.91 Å². The average Bonchev–Trinajstić information content (AvgIpc) is 2.87. The van der Waals surface area contributed by atoms with Crippen LogP contribution < -0.4 is 0 Å². The number of aryl methyl sites for hydroxylation is 1. The highest BCUT2D eigenvalue weighted by molar-refractivity contribution is 5.77. The Bertz CT molecular complexity index is 442. The van der Waals surface area contributed by atoms with Crippen molar-refractivity contribution >= 4 is 5.91 Å². The second-order valence-electron chi connectivity index (χ2n) is 5.67. The first-order valence-corrected chi connectivity index (χ1v) is 7.16. The van der Waals surface area contributed by atoms with E-state index in [1.165, 1.54) is 0 Å². The number of carbonyl (C=O) groups is 1. The van der Waals surface area contributed by atoms with Crippen LogP contribution in [0.15, 0.2) is 24.3 Å². The molecule has 3 nitrogen and oxygen atoms in total. The maximum atomic E-state index is 12.3. The Hall–Kier alpha value is -1.51. The van der Waals surface area contributed by atoms with Crippen LogP contribution in [-0.4, -0.2) is 28.5 Å². The Morgan fingerprint density at radius 3 is 2.84 bits per heavy atom. The lowest BCUT2D eigenvalue weighted by atomic mass is 10.0. The number of hydrogen-bond acceptors (Lipinski definition) is 2. The van der Waals surface area contributed by atoms with Gasteiger partial charge in [-0.2, -0.15) is 0 Å². The number of hydrogen-bond donors (Lipinski definition) is 1. The lowest BCUT2D eigenvalue weighted by Gasteiger charge is -2.27. The number of rotatable bonds is 4. The Kier molecular flexibility index (Phi) is 4.46. The summed E-state index contributed by atoms with van der Waals surface area (Å²) in [6.45, 7) is 5.25. The molecule has 0 saturated carbocycles. The van der Waals surface area contributed by atoms with E-state index in [1.54, 1.807) is 12.1 Å². The highest BCUT2D eigenvalue weighted by Crippen LogP contribution is 2.25. The van der Waals surface area contributed by atoms with Crippen LogP contribution in [0.3, 0.4) is 0 Å². The molecule has 0 aromatic heterocycles. The fraction of sp³-hybridized carbons (Fsp3) is 0.562. The fourth-order valence-electron chi connectivity index (χ4n) is 2.90. The standard InChI is InChI=1S/C16H23NO2/c1-12(2)14-7-5-11-17(14)16(19)10-9-13-6-3-4-8-15(13)18/h3-4,6,8,12,14,18H,5,7,9-11H2,1-2H3. The number of phenolic OH excluding ortho intramolecular Hbond substituents is 1. The predicted octanol–water partition coefficient (Wildman–Crippen LogP) is 2.97. The second-order valence-corrected chi connectivity index (χ2v) is 5.67. The molecular weight excluding hydrogens is 238 g/mol. The third-order valence-electron chi connectivity index (χ3n) is 3.99. The van der Waals surface area contributed by atoms with Crippen molar-refractivity contribution in [2.24, 2.45) is 5.92 Å². The summed E-state index contributed by atoms with van der Waals surface area (Å²) in [7, 11) is 0. The number of benzene rings is 1. The van der Waals surface area contributed by atoms with Crippen molar-refractivity contribution in [2.45, 2.75) is 45.6 Å². The zero-order chi connectivity index (χ0) is 13.8. The molecule has 1 amide bonds. The van der Waals surface area contributed by atoms with E-state index in [0.29, 0.717) is 24.8 Å². The van der Waals surface area contributed by atoms with E-state index in [4.69, 9.17) is 0 Å². The molecule has 2 rings (SSSR count). The van der Waals surface area contributed by atoms with E-state index in [-0.39, 0.29) is 11.7 Å². The molecule has 1 N–H and O–H groups in total. The van der Waals surface area contributed by atoms with Crippen LogP contribution in [-0.2, 0) is 11.2 Å². The monoisotopic (exact) mass is 261 g/mol. The number of aromatic hydroxyl groups is 1. The zero-order valence-electron chi connectivity index (χ0n) is 11.8. The lowest BCUT2D eigenvalue weighted by molar-refractivity contribution is -0.132. The van der Waals surface area contributed by atoms with Gasteiger partial charge in [0, 0.05) is 19.0 Å². The first-order chi connectivity index (χ1) is 9.09. The molecule has 3 heteroatoms. The van der Waals surface area contributed by atoms with E-state index >= 15 is 0 Å². The van der Waals surface area contributed by atoms with Gasteiger partial charge in [-0.1, -0.05) is 32.0 Å². The van der Waals surface area contributed by atoms with Crippen LogP contribution >= 0.6 is 0 Å². The maximum absolute atomic E-state index is 12.3. The van der Waals surface area contributed by atoms with Crippen molar-refractivity contribution in [1.82, 2.24) is 4.90 Å². The van der Waals surface area contributed by atoms with Crippen molar-refractivity contribution < 1.29 is 9.90 Å². The van der Waals surface area contributed by atoms with Crippen LogP contribution in [0.5, 0.6) is 5.75 Å². The van der Waals surface area contributed by atoms with E-state index in [9.17, 15) is 9.90 Å². The number of likely N-dealkylation sites (tertiary alicyclic amines) is 1. The summed E-state index contributed by atoms with van der Waals surface area (Å²) in [5.74, 6) is 1.04. The topological polar surface area (TPSA) is 40.5 Å². The van der Waals surface area contributed by atoms with Gasteiger partial charge in [-0.3, -0.25) is 4.79 Å². The first-order valence-electron chi connectivity index (χ1n) is 7.16. The van der Waals surface area contributed by atoms with E-state index in [1.807, 2.05) is 17.0 Å². The van der Waals surface area contributed by atoms with Crippen LogP contribution in [0.1, 0.15) is 38.7 Å². The molecule has 0 bridgehead atoms. The van der Waals surface area contributed by atoms with Gasteiger partial charge >= 0.3 is 0 Å². The van der Waals surface area contributed by atoms with Gasteiger partial charge < -0.3 is 10.0 Å². The van der Waals surface area contributed by atoms with Crippen molar-refractivity contribution in [1.29, 1.82) is 0 Å². The number of amides is 1. The van der Waals surface area contributed by atoms with Crippen molar-refractivity contribution in [3.8, 4) is 5.75 Å². The first kappa shape index (κ1) is 13.9. The van der Waals surface area contributed by atoms with Gasteiger partial charge in [-0.15, -0.1) is 0 Å². The van der Waals surface area contributed by atoms with Crippen LogP contribution in [0.2, 0.25) is 0 Å². The largest absolute Gasteiger partial charge is 0.508 e. The minimum Gasteiger partial charge on any atom is -0.508 e. The molecule has 1 fully saturated rings. The second kappa shape index (κ2) is 6.09. The molecular formula is C16H23NO2. The molecule has 104 valence electrons. The fourth-order valence-corrected chi connectivity index (χ4v) is 2.90. The van der Waals surface area contributed by atoms with Gasteiger partial charge in [-0.25, -0.2) is 0 Å². The molecule has 0 aliphatic carbocycles. The lowest BCUT2D eigenvalue weighted by Crippen LogP contribution is -2.38. The van der Waals surface area contributed by atoms with E-state index in [0.717, 1.165) is 24.9 Å². The summed E-state index contributed by atoms with van der Waals surface area (Å²) in [6, 6.07) is 7.65. The number of carbonyl (C=O) groups excluding carboxylic acids is 1. The molecule has 0 radical (unpaired) electrons. The van der Waals surface area contributed by atoms with Gasteiger partial charge in [0.05, 0.1) is 0 Å². The Morgan fingerprint density at radius 1 is 1.42 bits per heavy atom. The summed E-state index contributed by atoms with van der Waals surface area (Å²) in [5.41, 5.74) is 0.858.